The molecule has 0 unspecified atom stereocenters. The smallest absolute Gasteiger partial charge is 0.490 e. The number of carboxylic acids is 2. The molecule has 6 N–H and O–H groups in total. The minimum atomic E-state index is -5.08. The van der Waals surface area contributed by atoms with Gasteiger partial charge in [-0.15, -0.1) is 11.3 Å². The molecule has 3 heterocycles. The number of hydrogen-bond acceptors (Lipinski definition) is 14. The summed E-state index contributed by atoms with van der Waals surface area (Å²) in [6, 6.07) is 18.6. The summed E-state index contributed by atoms with van der Waals surface area (Å²) in [4.78, 5) is 41.5. The Bertz CT molecular complexity index is 2150. The number of alkyl halides is 6. The zero-order valence-electron chi connectivity index (χ0n) is 30.9. The highest BCUT2D eigenvalue weighted by molar-refractivity contribution is 7.98. The Morgan fingerprint density at radius 1 is 0.917 bits per heavy atom. The van der Waals surface area contributed by atoms with Gasteiger partial charge in [-0.2, -0.15) is 36.9 Å². The van der Waals surface area contributed by atoms with Gasteiger partial charge in [0.15, 0.2) is 0 Å². The number of benzene rings is 2. The number of carboxylic acid groups (broad SMARTS) is 2. The van der Waals surface area contributed by atoms with E-state index < -0.39 is 36.3 Å². The second-order valence-corrected chi connectivity index (χ2v) is 14.3. The number of nitrogens with zero attached hydrogens (tertiary/aromatic N) is 5. The molecule has 23 heteroatoms. The molecule has 1 saturated heterocycles. The van der Waals surface area contributed by atoms with Gasteiger partial charge < -0.3 is 36.1 Å². The van der Waals surface area contributed by atoms with Gasteiger partial charge in [0, 0.05) is 40.4 Å². The zero-order valence-corrected chi connectivity index (χ0v) is 33.3. The fourth-order valence-corrected chi connectivity index (χ4v) is 6.67. The van der Waals surface area contributed by atoms with Gasteiger partial charge in [0.25, 0.3) is 0 Å². The molecule has 2 aromatic carbocycles. The highest BCUT2D eigenvalue weighted by Gasteiger charge is 2.39. The van der Waals surface area contributed by atoms with Gasteiger partial charge in [0.2, 0.25) is 0 Å². The Labute approximate surface area is 351 Å². The highest BCUT2D eigenvalue weighted by atomic mass is 35.5. The number of thiazole rings is 1. The lowest BCUT2D eigenvalue weighted by Gasteiger charge is -2.33. The molecule has 14 nitrogen and oxygen atoms in total. The summed E-state index contributed by atoms with van der Waals surface area (Å²) in [7, 11) is 0. The predicted molar refractivity (Wildman–Crippen MR) is 208 cm³/mol. The predicted octanol–water partition coefficient (Wildman–Crippen LogP) is 7.03. The van der Waals surface area contributed by atoms with Crippen LogP contribution in [0.5, 0.6) is 5.75 Å². The van der Waals surface area contributed by atoms with Crippen molar-refractivity contribution in [2.24, 2.45) is 11.5 Å². The summed E-state index contributed by atoms with van der Waals surface area (Å²) in [5.41, 5.74) is 15.1. The quantitative estimate of drug-likeness (QED) is 0.0430. The topological polar surface area (TPSA) is 239 Å². The summed E-state index contributed by atoms with van der Waals surface area (Å²) in [6.07, 6.45) is -8.04. The van der Waals surface area contributed by atoms with Crippen LogP contribution in [0.25, 0.3) is 21.7 Å². The van der Waals surface area contributed by atoms with Crippen LogP contribution in [0, 0.1) is 22.7 Å². The Hall–Kier alpha value is -5.65. The summed E-state index contributed by atoms with van der Waals surface area (Å²) in [5.74, 6) is -4.36. The number of aromatic nitrogens is 2. The van der Waals surface area contributed by atoms with E-state index in [4.69, 9.17) is 62.3 Å². The first-order chi connectivity index (χ1) is 28.3. The van der Waals surface area contributed by atoms with Crippen molar-refractivity contribution in [2.45, 2.75) is 48.4 Å². The molecule has 0 radical (unpaired) electrons. The van der Waals surface area contributed by atoms with E-state index in [9.17, 15) is 41.7 Å². The van der Waals surface area contributed by atoms with E-state index in [-0.39, 0.29) is 13.2 Å². The van der Waals surface area contributed by atoms with Crippen LogP contribution in [-0.4, -0.2) is 89.3 Å². The lowest BCUT2D eigenvalue weighted by atomic mass is 9.96. The van der Waals surface area contributed by atoms with Gasteiger partial charge in [-0.1, -0.05) is 47.6 Å². The maximum atomic E-state index is 12.0. The lowest BCUT2D eigenvalue weighted by molar-refractivity contribution is -0.193. The first-order valence-corrected chi connectivity index (χ1v) is 19.5. The Morgan fingerprint density at radius 3 is 1.98 bits per heavy atom. The minimum Gasteiger partial charge on any atom is -0.490 e. The molecule has 1 atom stereocenters. The van der Waals surface area contributed by atoms with Crippen molar-refractivity contribution < 1.29 is 60.4 Å². The molecule has 5 rings (SSSR count). The highest BCUT2D eigenvalue weighted by Crippen LogP contribution is 2.40. The maximum absolute atomic E-state index is 12.0. The van der Waals surface area contributed by atoms with Crippen LogP contribution in [0.4, 0.5) is 32.2 Å². The molecule has 0 bridgehead atoms. The number of anilines is 1. The molecule has 1 aliphatic heterocycles. The van der Waals surface area contributed by atoms with Gasteiger partial charge in [-0.05, 0) is 55.6 Å². The van der Waals surface area contributed by atoms with Crippen LogP contribution in [-0.2, 0) is 24.9 Å². The summed E-state index contributed by atoms with van der Waals surface area (Å²) >= 11 is 9.01. The van der Waals surface area contributed by atoms with E-state index in [0.717, 1.165) is 35.8 Å². The molecular weight excluding hydrogens is 868 g/mol. The third-order valence-electron chi connectivity index (χ3n) is 7.77. The summed E-state index contributed by atoms with van der Waals surface area (Å²) in [6.45, 7) is 2.25. The first kappa shape index (κ1) is 48.7. The standard InChI is InChI=1S/C33H32ClN7O3S2.2C2HF3O2/c34-23-8-4-22(5-9-23)31-39-24(19-45-31)20-46-32-27(18-37)29(26(17-36)30(40-32)41-13-2-14-41)21-6-10-25(11-7-21)43-15-16-44-33(42)28(38)3-1-12-35;2*3-2(4,5)1(6)7/h4-11,19,28H,1-3,12-16,20,35,38H2;2*(H,6,7)/t28-;;/m0../s1. The Balaban J connectivity index is 0.000000589. The summed E-state index contributed by atoms with van der Waals surface area (Å²) in [5, 5.41) is 39.0. The number of rotatable bonds is 14. The normalized spacial score (nSPS) is 12.6. The number of thioether (sulfide) groups is 1. The Kier molecular flexibility index (Phi) is 18.4. The van der Waals surface area contributed by atoms with Crippen LogP contribution < -0.4 is 21.1 Å². The molecule has 2 aromatic heterocycles. The van der Waals surface area contributed by atoms with Crippen molar-refractivity contribution in [1.82, 2.24) is 9.97 Å². The molecule has 60 heavy (non-hydrogen) atoms. The van der Waals surface area contributed by atoms with Crippen LogP contribution in [0.15, 0.2) is 58.9 Å². The maximum Gasteiger partial charge on any atom is 0.490 e. The molecule has 0 aliphatic carbocycles. The summed E-state index contributed by atoms with van der Waals surface area (Å²) < 4.78 is 74.4. The largest absolute Gasteiger partial charge is 0.490 e. The number of nitriles is 2. The lowest BCUT2D eigenvalue weighted by Crippen LogP contribution is -2.38. The first-order valence-electron chi connectivity index (χ1n) is 17.2. The van der Waals surface area contributed by atoms with Gasteiger partial charge in [0.05, 0.1) is 11.3 Å². The number of carbonyl (C=O) groups is 3. The Morgan fingerprint density at radius 2 is 1.48 bits per heavy atom. The van der Waals surface area contributed by atoms with E-state index >= 15 is 0 Å². The van der Waals surface area contributed by atoms with Crippen LogP contribution in [0.3, 0.4) is 0 Å². The number of ether oxygens (including phenoxy) is 2. The van der Waals surface area contributed by atoms with E-state index in [2.05, 4.69) is 17.0 Å². The second-order valence-electron chi connectivity index (χ2n) is 12.1. The van der Waals surface area contributed by atoms with Crippen molar-refractivity contribution in [3.63, 3.8) is 0 Å². The molecule has 1 fully saturated rings. The molecule has 4 aromatic rings. The average Bonchev–Trinajstić information content (AvgIpc) is 3.66. The number of nitrogens with two attached hydrogens (primary N) is 2. The molecule has 0 saturated carbocycles. The number of hydrogen-bond donors (Lipinski definition) is 4. The van der Waals surface area contributed by atoms with E-state index in [1.54, 1.807) is 23.5 Å². The molecule has 0 amide bonds. The van der Waals surface area contributed by atoms with Crippen molar-refractivity contribution in [3.05, 3.63) is 75.8 Å². The van der Waals surface area contributed by atoms with Gasteiger partial charge >= 0.3 is 30.3 Å². The van der Waals surface area contributed by atoms with E-state index in [0.29, 0.717) is 69.0 Å². The number of halogens is 7. The monoisotopic (exact) mass is 901 g/mol. The van der Waals surface area contributed by atoms with E-state index in [1.807, 2.05) is 41.8 Å². The van der Waals surface area contributed by atoms with Crippen LogP contribution in [0.2, 0.25) is 5.02 Å². The third kappa shape index (κ3) is 14.6. The van der Waals surface area contributed by atoms with Gasteiger partial charge in [0.1, 0.15) is 58.6 Å². The minimum absolute atomic E-state index is 0.0540. The van der Waals surface area contributed by atoms with Crippen molar-refractivity contribution in [2.75, 3.05) is 37.7 Å². The van der Waals surface area contributed by atoms with Crippen molar-refractivity contribution >= 4 is 58.4 Å². The number of pyridine rings is 1. The number of esters is 1. The van der Waals surface area contributed by atoms with Crippen LogP contribution >= 0.6 is 34.7 Å². The number of aliphatic carboxylic acids is 2. The molecular formula is C37H34ClF6N7O7S2. The second kappa shape index (κ2) is 22.6. The fourth-order valence-electron chi connectivity index (χ4n) is 4.73. The van der Waals surface area contributed by atoms with Gasteiger partial charge in [-0.25, -0.2) is 19.6 Å². The van der Waals surface area contributed by atoms with Crippen molar-refractivity contribution in [1.29, 1.82) is 10.5 Å². The fraction of sp³-hybridized carbons (Fsp3) is 0.324. The zero-order chi connectivity index (χ0) is 44.6. The third-order valence-corrected chi connectivity index (χ3v) is 9.97. The van der Waals surface area contributed by atoms with Gasteiger partial charge in [-0.3, -0.25) is 4.79 Å². The number of carbonyl (C=O) groups excluding carboxylic acids is 1. The molecule has 1 aliphatic rings. The molecule has 0 spiro atoms. The van der Waals surface area contributed by atoms with E-state index in [1.165, 1.54) is 11.8 Å². The average molecular weight is 902 g/mol. The molecule has 320 valence electrons. The van der Waals surface area contributed by atoms with Crippen molar-refractivity contribution in [3.8, 4) is 39.6 Å². The van der Waals surface area contributed by atoms with Crippen LogP contribution in [0.1, 0.15) is 36.1 Å². The SMILES string of the molecule is N#Cc1c(SCc2csc(-c3ccc(Cl)cc3)n2)nc(N2CCC2)c(C#N)c1-c1ccc(OCCOC(=O)[C@@H](N)CCCN)cc1.O=C(O)C(F)(F)F.O=C(O)C(F)(F)F.